The summed E-state index contributed by atoms with van der Waals surface area (Å²) in [5.41, 5.74) is 2.16. The third kappa shape index (κ3) is 2.53. The molecule has 0 bridgehead atoms. The molecule has 0 unspecified atom stereocenters. The molecule has 2 heterocycles. The lowest BCUT2D eigenvalue weighted by atomic mass is 9.74. The molecule has 2 fully saturated rings. The third-order valence-corrected chi connectivity index (χ3v) is 6.87. The van der Waals surface area contributed by atoms with E-state index in [0.29, 0.717) is 25.2 Å². The summed E-state index contributed by atoms with van der Waals surface area (Å²) in [6.07, 6.45) is 9.90. The van der Waals surface area contributed by atoms with Crippen molar-refractivity contribution in [3.63, 3.8) is 0 Å². The molecule has 132 valence electrons. The highest BCUT2D eigenvalue weighted by Crippen LogP contribution is 2.52. The van der Waals surface area contributed by atoms with Crippen LogP contribution >= 0.6 is 0 Å². The van der Waals surface area contributed by atoms with Crippen LogP contribution in [0.5, 0.6) is 0 Å². The van der Waals surface area contributed by atoms with Crippen molar-refractivity contribution in [1.29, 1.82) is 0 Å². The molecule has 3 aliphatic rings. The summed E-state index contributed by atoms with van der Waals surface area (Å²) in [5, 5.41) is 10.3. The van der Waals surface area contributed by atoms with Gasteiger partial charge in [-0.2, -0.15) is 0 Å². The van der Waals surface area contributed by atoms with E-state index in [0.717, 1.165) is 37.8 Å². The molecule has 1 N–H and O–H groups in total. The van der Waals surface area contributed by atoms with Gasteiger partial charge in [-0.15, -0.1) is 0 Å². The Morgan fingerprint density at radius 2 is 1.92 bits per heavy atom. The Bertz CT molecular complexity index is 787. The zero-order valence-corrected chi connectivity index (χ0v) is 14.5. The SMILES string of the molecule is OC1(C2CCC(F)(CC[C@H]3c4ccccc4-c4cncn43)CC2)CC1. The number of nitrogens with zero attached hydrogens (tertiary/aromatic N) is 2. The molecule has 5 rings (SSSR count). The highest BCUT2D eigenvalue weighted by atomic mass is 19.1. The van der Waals surface area contributed by atoms with Crippen molar-refractivity contribution in [3.8, 4) is 11.3 Å². The second kappa shape index (κ2) is 5.41. The van der Waals surface area contributed by atoms with E-state index in [1.165, 1.54) is 11.1 Å². The number of aliphatic hydroxyl groups is 1. The van der Waals surface area contributed by atoms with E-state index < -0.39 is 11.3 Å². The van der Waals surface area contributed by atoms with E-state index in [2.05, 4.69) is 33.8 Å². The first-order chi connectivity index (χ1) is 12.1. The van der Waals surface area contributed by atoms with Crippen molar-refractivity contribution in [1.82, 2.24) is 9.55 Å². The lowest BCUT2D eigenvalue weighted by Crippen LogP contribution is -2.35. The monoisotopic (exact) mass is 340 g/mol. The van der Waals surface area contributed by atoms with Crippen LogP contribution < -0.4 is 0 Å². The maximum absolute atomic E-state index is 15.4. The van der Waals surface area contributed by atoms with Crippen LogP contribution in [0.25, 0.3) is 11.3 Å². The van der Waals surface area contributed by atoms with Gasteiger partial charge in [-0.05, 0) is 62.8 Å². The van der Waals surface area contributed by atoms with Crippen LogP contribution in [-0.4, -0.2) is 25.9 Å². The van der Waals surface area contributed by atoms with Crippen LogP contribution in [0.2, 0.25) is 0 Å². The molecule has 2 aliphatic carbocycles. The quantitative estimate of drug-likeness (QED) is 0.879. The molecule has 1 aromatic heterocycles. The molecule has 1 aliphatic heterocycles. The second-order valence-corrected chi connectivity index (χ2v) is 8.36. The van der Waals surface area contributed by atoms with Gasteiger partial charge in [-0.25, -0.2) is 9.37 Å². The Hall–Kier alpha value is -1.68. The van der Waals surface area contributed by atoms with Crippen molar-refractivity contribution < 1.29 is 9.50 Å². The van der Waals surface area contributed by atoms with Gasteiger partial charge >= 0.3 is 0 Å². The summed E-state index contributed by atoms with van der Waals surface area (Å²) in [5.74, 6) is 0.323. The maximum Gasteiger partial charge on any atom is 0.111 e. The van der Waals surface area contributed by atoms with Gasteiger partial charge < -0.3 is 9.67 Å². The Morgan fingerprint density at radius 3 is 2.68 bits per heavy atom. The molecule has 4 heteroatoms. The van der Waals surface area contributed by atoms with Crippen LogP contribution in [0.1, 0.15) is 63.0 Å². The minimum absolute atomic E-state index is 0.201. The first kappa shape index (κ1) is 15.6. The fourth-order valence-corrected chi connectivity index (χ4v) is 5.08. The van der Waals surface area contributed by atoms with E-state index in [4.69, 9.17) is 0 Å². The normalized spacial score (nSPS) is 32.2. The van der Waals surface area contributed by atoms with Crippen LogP contribution in [0.15, 0.2) is 36.8 Å². The number of alkyl halides is 1. The van der Waals surface area contributed by atoms with Gasteiger partial charge in [0.25, 0.3) is 0 Å². The Morgan fingerprint density at radius 1 is 1.16 bits per heavy atom. The van der Waals surface area contributed by atoms with Gasteiger partial charge in [0.1, 0.15) is 5.67 Å². The van der Waals surface area contributed by atoms with Crippen LogP contribution in [0, 0.1) is 5.92 Å². The van der Waals surface area contributed by atoms with Gasteiger partial charge in [-0.1, -0.05) is 24.3 Å². The van der Waals surface area contributed by atoms with Crippen LogP contribution in [0.4, 0.5) is 4.39 Å². The van der Waals surface area contributed by atoms with Gasteiger partial charge in [0.2, 0.25) is 0 Å². The fourth-order valence-electron chi connectivity index (χ4n) is 5.08. The summed E-state index contributed by atoms with van der Waals surface area (Å²) in [6, 6.07) is 8.62. The summed E-state index contributed by atoms with van der Waals surface area (Å²) in [4.78, 5) is 4.29. The molecule has 0 amide bonds. The number of rotatable bonds is 4. The number of hydrogen-bond acceptors (Lipinski definition) is 2. The predicted octanol–water partition coefficient (Wildman–Crippen LogP) is 4.66. The molecule has 25 heavy (non-hydrogen) atoms. The van der Waals surface area contributed by atoms with Gasteiger partial charge in [0.15, 0.2) is 0 Å². The molecular weight excluding hydrogens is 315 g/mol. The molecular formula is C21H25FN2O. The average molecular weight is 340 g/mol. The number of imidazole rings is 1. The van der Waals surface area contributed by atoms with Crippen molar-refractivity contribution in [2.45, 2.75) is 68.7 Å². The number of aromatic nitrogens is 2. The zero-order chi connectivity index (χ0) is 17.1. The van der Waals surface area contributed by atoms with Gasteiger partial charge in [0, 0.05) is 5.56 Å². The molecule has 1 atom stereocenters. The molecule has 0 spiro atoms. The van der Waals surface area contributed by atoms with Gasteiger partial charge in [0.05, 0.1) is 29.9 Å². The fraction of sp³-hybridized carbons (Fsp3) is 0.571. The van der Waals surface area contributed by atoms with Crippen LogP contribution in [-0.2, 0) is 0 Å². The first-order valence-corrected chi connectivity index (χ1v) is 9.60. The van der Waals surface area contributed by atoms with E-state index in [1.54, 1.807) is 0 Å². The van der Waals surface area contributed by atoms with Crippen molar-refractivity contribution >= 4 is 0 Å². The Balaban J connectivity index is 1.29. The van der Waals surface area contributed by atoms with Crippen molar-refractivity contribution in [2.75, 3.05) is 0 Å². The summed E-state index contributed by atoms with van der Waals surface area (Å²) in [7, 11) is 0. The highest BCUT2D eigenvalue weighted by Gasteiger charge is 2.50. The molecule has 0 saturated heterocycles. The van der Waals surface area contributed by atoms with Crippen molar-refractivity contribution in [2.24, 2.45) is 5.92 Å². The first-order valence-electron chi connectivity index (χ1n) is 9.60. The zero-order valence-electron chi connectivity index (χ0n) is 14.5. The van der Waals surface area contributed by atoms with Crippen LogP contribution in [0.3, 0.4) is 0 Å². The summed E-state index contributed by atoms with van der Waals surface area (Å²) < 4.78 is 17.6. The lowest BCUT2D eigenvalue weighted by molar-refractivity contribution is 0.00632. The number of halogens is 1. The standard InChI is InChI=1S/C21H25FN2O/c22-20(8-5-15(6-9-20)21(25)11-12-21)10-7-18-16-3-1-2-4-17(16)19-13-23-14-24(18)19/h1-4,13-15,18,25H,5-12H2/t15?,18-,20?/m0/s1. The molecule has 2 saturated carbocycles. The molecule has 0 radical (unpaired) electrons. The largest absolute Gasteiger partial charge is 0.390 e. The lowest BCUT2D eigenvalue weighted by Gasteiger charge is -2.36. The third-order valence-electron chi connectivity index (χ3n) is 6.87. The minimum Gasteiger partial charge on any atom is -0.390 e. The predicted molar refractivity (Wildman–Crippen MR) is 95.0 cm³/mol. The Labute approximate surface area is 147 Å². The number of fused-ring (bicyclic) bond motifs is 3. The topological polar surface area (TPSA) is 38.1 Å². The average Bonchev–Trinajstić information content (AvgIpc) is 3.07. The second-order valence-electron chi connectivity index (χ2n) is 8.36. The summed E-state index contributed by atoms with van der Waals surface area (Å²) in [6.45, 7) is 0. The summed E-state index contributed by atoms with van der Waals surface area (Å²) >= 11 is 0. The molecule has 1 aromatic carbocycles. The minimum atomic E-state index is -1.07. The number of benzene rings is 1. The number of hydrogen-bond donors (Lipinski definition) is 1. The molecule has 2 aromatic rings. The van der Waals surface area contributed by atoms with Gasteiger partial charge in [-0.3, -0.25) is 0 Å². The van der Waals surface area contributed by atoms with E-state index in [-0.39, 0.29) is 6.04 Å². The maximum atomic E-state index is 15.4. The van der Waals surface area contributed by atoms with E-state index in [1.807, 2.05) is 12.5 Å². The molecule has 3 nitrogen and oxygen atoms in total. The van der Waals surface area contributed by atoms with Crippen molar-refractivity contribution in [3.05, 3.63) is 42.4 Å². The smallest absolute Gasteiger partial charge is 0.111 e. The highest BCUT2D eigenvalue weighted by molar-refractivity contribution is 5.68. The van der Waals surface area contributed by atoms with E-state index in [9.17, 15) is 5.11 Å². The Kier molecular flexibility index (Phi) is 3.37. The van der Waals surface area contributed by atoms with E-state index >= 15 is 4.39 Å².